The van der Waals surface area contributed by atoms with Crippen LogP contribution in [0.3, 0.4) is 0 Å². The van der Waals surface area contributed by atoms with Crippen molar-refractivity contribution in [3.63, 3.8) is 0 Å². The van der Waals surface area contributed by atoms with E-state index in [4.69, 9.17) is 5.73 Å². The molecule has 1 atom stereocenters. The largest absolute Gasteiger partial charge is 0.327 e. The van der Waals surface area contributed by atoms with Crippen molar-refractivity contribution in [1.82, 2.24) is 0 Å². The van der Waals surface area contributed by atoms with Crippen LogP contribution in [0.2, 0.25) is 0 Å². The van der Waals surface area contributed by atoms with E-state index in [-0.39, 0.29) is 11.9 Å². The Morgan fingerprint density at radius 2 is 2.15 bits per heavy atom. The molecule has 0 aliphatic heterocycles. The molecule has 1 aliphatic rings. The number of rotatable bonds is 0. The van der Waals surface area contributed by atoms with Crippen molar-refractivity contribution in [2.24, 2.45) is 5.73 Å². The number of fused-ring (bicyclic) bond motifs is 1. The van der Waals surface area contributed by atoms with Crippen molar-refractivity contribution >= 4 is 0 Å². The molecule has 0 aromatic heterocycles. The van der Waals surface area contributed by atoms with Crippen molar-refractivity contribution in [2.45, 2.75) is 32.2 Å². The highest BCUT2D eigenvalue weighted by molar-refractivity contribution is 5.35. The Kier molecular flexibility index (Phi) is 2.08. The lowest BCUT2D eigenvalue weighted by Gasteiger charge is -2.21. The van der Waals surface area contributed by atoms with Crippen molar-refractivity contribution in [3.8, 4) is 0 Å². The van der Waals surface area contributed by atoms with Gasteiger partial charge in [-0.15, -0.1) is 0 Å². The van der Waals surface area contributed by atoms with E-state index in [0.717, 1.165) is 30.4 Å². The molecule has 0 saturated heterocycles. The van der Waals surface area contributed by atoms with Crippen LogP contribution >= 0.6 is 0 Å². The van der Waals surface area contributed by atoms with Gasteiger partial charge in [0.2, 0.25) is 0 Å². The quantitative estimate of drug-likeness (QED) is 0.647. The SMILES string of the molecule is Cc1cc2c(cc1F)C[C@H](N)CC2. The third-order valence-electron chi connectivity index (χ3n) is 2.75. The molecule has 0 bridgehead atoms. The van der Waals surface area contributed by atoms with E-state index in [1.807, 2.05) is 13.0 Å². The first-order chi connectivity index (χ1) is 6.16. The van der Waals surface area contributed by atoms with Gasteiger partial charge in [0.25, 0.3) is 0 Å². The zero-order valence-corrected chi connectivity index (χ0v) is 7.81. The fourth-order valence-electron chi connectivity index (χ4n) is 1.93. The lowest BCUT2D eigenvalue weighted by Crippen LogP contribution is -2.28. The topological polar surface area (TPSA) is 26.0 Å². The molecule has 1 aliphatic carbocycles. The van der Waals surface area contributed by atoms with Crippen LogP contribution < -0.4 is 5.73 Å². The van der Waals surface area contributed by atoms with Crippen LogP contribution in [0, 0.1) is 12.7 Å². The van der Waals surface area contributed by atoms with E-state index < -0.39 is 0 Å². The van der Waals surface area contributed by atoms with Gasteiger partial charge in [0.05, 0.1) is 0 Å². The van der Waals surface area contributed by atoms with Crippen molar-refractivity contribution in [2.75, 3.05) is 0 Å². The van der Waals surface area contributed by atoms with Crippen molar-refractivity contribution in [1.29, 1.82) is 0 Å². The molecule has 0 unspecified atom stereocenters. The Labute approximate surface area is 77.8 Å². The molecule has 0 spiro atoms. The molecule has 1 nitrogen and oxygen atoms in total. The number of halogens is 1. The van der Waals surface area contributed by atoms with Gasteiger partial charge in [0.15, 0.2) is 0 Å². The number of hydrogen-bond acceptors (Lipinski definition) is 1. The van der Waals surface area contributed by atoms with Crippen LogP contribution in [0.1, 0.15) is 23.1 Å². The van der Waals surface area contributed by atoms with Gasteiger partial charge in [-0.3, -0.25) is 0 Å². The lowest BCUT2D eigenvalue weighted by atomic mass is 9.87. The Morgan fingerprint density at radius 1 is 1.38 bits per heavy atom. The molecule has 13 heavy (non-hydrogen) atoms. The van der Waals surface area contributed by atoms with Gasteiger partial charge in [-0.25, -0.2) is 4.39 Å². The van der Waals surface area contributed by atoms with Gasteiger partial charge in [-0.1, -0.05) is 6.07 Å². The Balaban J connectivity index is 2.43. The highest BCUT2D eigenvalue weighted by atomic mass is 19.1. The van der Waals surface area contributed by atoms with Gasteiger partial charge in [-0.2, -0.15) is 0 Å². The van der Waals surface area contributed by atoms with E-state index in [0.29, 0.717) is 0 Å². The first-order valence-electron chi connectivity index (χ1n) is 4.70. The summed E-state index contributed by atoms with van der Waals surface area (Å²) in [5, 5.41) is 0. The summed E-state index contributed by atoms with van der Waals surface area (Å²) in [6.45, 7) is 1.81. The number of nitrogens with two attached hydrogens (primary N) is 1. The predicted molar refractivity (Wildman–Crippen MR) is 51.1 cm³/mol. The number of benzene rings is 1. The minimum Gasteiger partial charge on any atom is -0.327 e. The normalized spacial score (nSPS) is 21.3. The predicted octanol–water partition coefficient (Wildman–Crippen LogP) is 1.95. The summed E-state index contributed by atoms with van der Waals surface area (Å²) in [7, 11) is 0. The maximum Gasteiger partial charge on any atom is 0.126 e. The van der Waals surface area contributed by atoms with Crippen LogP contribution in [0.25, 0.3) is 0 Å². The van der Waals surface area contributed by atoms with Crippen molar-refractivity contribution in [3.05, 3.63) is 34.6 Å². The van der Waals surface area contributed by atoms with Crippen LogP contribution in [0.15, 0.2) is 12.1 Å². The molecule has 2 heteroatoms. The summed E-state index contributed by atoms with van der Waals surface area (Å²) in [5.74, 6) is -0.104. The molecule has 2 rings (SSSR count). The summed E-state index contributed by atoms with van der Waals surface area (Å²) in [5.41, 5.74) is 8.94. The molecule has 2 N–H and O–H groups in total. The third-order valence-corrected chi connectivity index (χ3v) is 2.75. The van der Waals surface area contributed by atoms with Gasteiger partial charge in [0, 0.05) is 6.04 Å². The Bertz CT molecular complexity index is 333. The second kappa shape index (κ2) is 3.11. The fraction of sp³-hybridized carbons (Fsp3) is 0.455. The van der Waals surface area contributed by atoms with Crippen LogP contribution in [0.4, 0.5) is 4.39 Å². The lowest BCUT2D eigenvalue weighted by molar-refractivity contribution is 0.563. The zero-order valence-electron chi connectivity index (χ0n) is 7.81. The number of aryl methyl sites for hydroxylation is 2. The molecule has 0 saturated carbocycles. The summed E-state index contributed by atoms with van der Waals surface area (Å²) in [4.78, 5) is 0. The Hall–Kier alpha value is -0.890. The molecule has 0 heterocycles. The maximum absolute atomic E-state index is 13.2. The first kappa shape index (κ1) is 8.70. The highest BCUT2D eigenvalue weighted by Crippen LogP contribution is 2.23. The van der Waals surface area contributed by atoms with E-state index in [9.17, 15) is 4.39 Å². The standard InChI is InChI=1S/C11H14FN/c1-7-4-8-2-3-10(13)5-9(8)6-11(7)12/h4,6,10H,2-3,5,13H2,1H3/t10-/m1/s1. The fourth-order valence-corrected chi connectivity index (χ4v) is 1.93. The molecule has 1 aromatic carbocycles. The van der Waals surface area contributed by atoms with Gasteiger partial charge in [-0.05, 0) is 48.9 Å². The van der Waals surface area contributed by atoms with Crippen LogP contribution in [-0.2, 0) is 12.8 Å². The minimum atomic E-state index is -0.104. The van der Waals surface area contributed by atoms with E-state index in [2.05, 4.69) is 0 Å². The third kappa shape index (κ3) is 1.59. The van der Waals surface area contributed by atoms with Gasteiger partial charge in [0.1, 0.15) is 5.82 Å². The maximum atomic E-state index is 13.2. The van der Waals surface area contributed by atoms with E-state index >= 15 is 0 Å². The molecule has 0 amide bonds. The smallest absolute Gasteiger partial charge is 0.126 e. The summed E-state index contributed by atoms with van der Waals surface area (Å²) in [6, 6.07) is 3.81. The first-order valence-corrected chi connectivity index (χ1v) is 4.70. The van der Waals surface area contributed by atoms with Gasteiger partial charge >= 0.3 is 0 Å². The molecule has 70 valence electrons. The highest BCUT2D eigenvalue weighted by Gasteiger charge is 2.16. The van der Waals surface area contributed by atoms with Crippen LogP contribution in [0.5, 0.6) is 0 Å². The molecular formula is C11H14FN. The summed E-state index contributed by atoms with van der Waals surface area (Å²) >= 11 is 0. The average molecular weight is 179 g/mol. The molecule has 0 radical (unpaired) electrons. The molecule has 0 fully saturated rings. The second-order valence-corrected chi connectivity index (χ2v) is 3.87. The Morgan fingerprint density at radius 3 is 2.92 bits per heavy atom. The molecule has 1 aromatic rings. The van der Waals surface area contributed by atoms with Crippen LogP contribution in [-0.4, -0.2) is 6.04 Å². The van der Waals surface area contributed by atoms with Gasteiger partial charge < -0.3 is 5.73 Å². The second-order valence-electron chi connectivity index (χ2n) is 3.87. The van der Waals surface area contributed by atoms with E-state index in [1.54, 1.807) is 6.07 Å². The zero-order chi connectivity index (χ0) is 9.42. The number of hydrogen-bond donors (Lipinski definition) is 1. The van der Waals surface area contributed by atoms with E-state index in [1.165, 1.54) is 5.56 Å². The molecular weight excluding hydrogens is 165 g/mol. The monoisotopic (exact) mass is 179 g/mol. The van der Waals surface area contributed by atoms with Crippen molar-refractivity contribution < 1.29 is 4.39 Å². The average Bonchev–Trinajstić information content (AvgIpc) is 2.08. The summed E-state index contributed by atoms with van der Waals surface area (Å²) < 4.78 is 13.2. The minimum absolute atomic E-state index is 0.104. The summed E-state index contributed by atoms with van der Waals surface area (Å²) in [6.07, 6.45) is 2.85.